The Morgan fingerprint density at radius 1 is 1.15 bits per heavy atom. The maximum absolute atomic E-state index is 13.0. The molecule has 4 nitrogen and oxygen atoms in total. The normalized spacial score (nSPS) is 11.3. The number of thiazole rings is 1. The molecule has 1 heterocycles. The highest BCUT2D eigenvalue weighted by atomic mass is 32.1. The average molecular weight is 393 g/mol. The van der Waals surface area contributed by atoms with Gasteiger partial charge in [-0.2, -0.15) is 13.2 Å². The highest BCUT2D eigenvalue weighted by Gasteiger charge is 2.35. The molecule has 0 aliphatic heterocycles. The van der Waals surface area contributed by atoms with Crippen molar-refractivity contribution in [2.24, 2.45) is 0 Å². The molecule has 0 radical (unpaired) electrons. The number of hydrogen-bond acceptors (Lipinski definition) is 5. The van der Waals surface area contributed by atoms with Crippen LogP contribution >= 0.6 is 11.3 Å². The van der Waals surface area contributed by atoms with Gasteiger partial charge in [-0.1, -0.05) is 24.3 Å². The molecule has 0 amide bonds. The standard InChI is InChI=1S/C19H14F3NO3S/c1-25-14-6-4-5-12(9-14)17-23-13(11-27-17)10-26-18(24)15-7-2-3-8-16(15)19(20,21)22/h2-9,11H,10H2,1H3. The van der Waals surface area contributed by atoms with E-state index in [-0.39, 0.29) is 6.61 Å². The maximum Gasteiger partial charge on any atom is 0.417 e. The molecule has 0 aliphatic rings. The third-order valence-corrected chi connectivity index (χ3v) is 4.61. The fourth-order valence-electron chi connectivity index (χ4n) is 2.39. The molecule has 3 aromatic rings. The monoisotopic (exact) mass is 393 g/mol. The van der Waals surface area contributed by atoms with E-state index >= 15 is 0 Å². The Labute approximate surface area is 157 Å². The molecule has 0 fully saturated rings. The summed E-state index contributed by atoms with van der Waals surface area (Å²) in [6.07, 6.45) is -4.63. The van der Waals surface area contributed by atoms with E-state index in [0.29, 0.717) is 16.5 Å². The number of alkyl halides is 3. The summed E-state index contributed by atoms with van der Waals surface area (Å²) in [6, 6.07) is 11.8. The van der Waals surface area contributed by atoms with Gasteiger partial charge in [-0.05, 0) is 24.3 Å². The van der Waals surface area contributed by atoms with Crippen LogP contribution in [-0.4, -0.2) is 18.1 Å². The topological polar surface area (TPSA) is 48.4 Å². The van der Waals surface area contributed by atoms with Gasteiger partial charge < -0.3 is 9.47 Å². The fourth-order valence-corrected chi connectivity index (χ4v) is 3.19. The minimum atomic E-state index is -4.63. The number of esters is 1. The van der Waals surface area contributed by atoms with E-state index in [1.165, 1.54) is 23.5 Å². The third kappa shape index (κ3) is 4.46. The summed E-state index contributed by atoms with van der Waals surface area (Å²) in [7, 11) is 1.56. The average Bonchev–Trinajstić information content (AvgIpc) is 3.14. The molecule has 0 saturated heterocycles. The minimum absolute atomic E-state index is 0.217. The number of hydrogen-bond donors (Lipinski definition) is 0. The van der Waals surface area contributed by atoms with Crippen molar-refractivity contribution in [3.05, 3.63) is 70.7 Å². The second-order valence-corrected chi connectivity index (χ2v) is 6.35. The van der Waals surface area contributed by atoms with Crippen molar-refractivity contribution in [2.45, 2.75) is 12.8 Å². The lowest BCUT2D eigenvalue weighted by Crippen LogP contribution is -2.15. The molecule has 0 saturated carbocycles. The van der Waals surface area contributed by atoms with Crippen molar-refractivity contribution >= 4 is 17.3 Å². The van der Waals surface area contributed by atoms with Crippen molar-refractivity contribution in [1.29, 1.82) is 0 Å². The summed E-state index contributed by atoms with van der Waals surface area (Å²) < 4.78 is 49.2. The Morgan fingerprint density at radius 3 is 2.67 bits per heavy atom. The van der Waals surface area contributed by atoms with Gasteiger partial charge in [0.05, 0.1) is 23.9 Å². The van der Waals surface area contributed by atoms with Crippen LogP contribution in [0.15, 0.2) is 53.9 Å². The number of halogens is 3. The SMILES string of the molecule is COc1cccc(-c2nc(COC(=O)c3ccccc3C(F)(F)F)cs2)c1. The zero-order valence-corrected chi connectivity index (χ0v) is 14.9. The first-order valence-corrected chi connectivity index (χ1v) is 8.68. The van der Waals surface area contributed by atoms with E-state index in [1.807, 2.05) is 18.2 Å². The zero-order valence-electron chi connectivity index (χ0n) is 14.1. The predicted octanol–water partition coefficient (Wildman–Crippen LogP) is 5.19. The van der Waals surface area contributed by atoms with E-state index in [9.17, 15) is 18.0 Å². The van der Waals surface area contributed by atoms with Crippen molar-refractivity contribution in [3.8, 4) is 16.3 Å². The minimum Gasteiger partial charge on any atom is -0.497 e. The maximum atomic E-state index is 13.0. The number of ether oxygens (including phenoxy) is 2. The van der Waals surface area contributed by atoms with Gasteiger partial charge >= 0.3 is 12.1 Å². The van der Waals surface area contributed by atoms with Gasteiger partial charge in [-0.25, -0.2) is 9.78 Å². The van der Waals surface area contributed by atoms with Crippen LogP contribution in [-0.2, 0) is 17.5 Å². The van der Waals surface area contributed by atoms with Crippen molar-refractivity contribution in [1.82, 2.24) is 4.98 Å². The highest BCUT2D eigenvalue weighted by Crippen LogP contribution is 2.32. The molecule has 0 unspecified atom stereocenters. The molecule has 0 bridgehead atoms. The lowest BCUT2D eigenvalue weighted by molar-refractivity contribution is -0.138. The lowest BCUT2D eigenvalue weighted by Gasteiger charge is -2.11. The van der Waals surface area contributed by atoms with Crippen molar-refractivity contribution < 1.29 is 27.4 Å². The van der Waals surface area contributed by atoms with Gasteiger partial charge in [0.1, 0.15) is 17.4 Å². The molecule has 8 heteroatoms. The first-order valence-electron chi connectivity index (χ1n) is 7.80. The van der Waals surface area contributed by atoms with Crippen LogP contribution in [0.2, 0.25) is 0 Å². The first-order chi connectivity index (χ1) is 12.9. The molecule has 27 heavy (non-hydrogen) atoms. The Bertz CT molecular complexity index is 953. The molecule has 2 aromatic carbocycles. The quantitative estimate of drug-likeness (QED) is 0.560. The number of benzene rings is 2. The molecule has 0 atom stereocenters. The Balaban J connectivity index is 1.71. The largest absolute Gasteiger partial charge is 0.497 e. The molecule has 140 valence electrons. The van der Waals surface area contributed by atoms with Crippen LogP contribution in [0.1, 0.15) is 21.6 Å². The van der Waals surface area contributed by atoms with Crippen LogP contribution in [0.3, 0.4) is 0 Å². The predicted molar refractivity (Wildman–Crippen MR) is 94.7 cm³/mol. The highest BCUT2D eigenvalue weighted by molar-refractivity contribution is 7.13. The van der Waals surface area contributed by atoms with E-state index in [4.69, 9.17) is 9.47 Å². The number of aromatic nitrogens is 1. The number of carbonyl (C=O) groups excluding carboxylic acids is 1. The van der Waals surface area contributed by atoms with E-state index in [2.05, 4.69) is 4.98 Å². The molecule has 1 aromatic heterocycles. The number of nitrogens with zero attached hydrogens (tertiary/aromatic N) is 1. The number of rotatable bonds is 5. The summed E-state index contributed by atoms with van der Waals surface area (Å²) in [5, 5.41) is 2.38. The third-order valence-electron chi connectivity index (χ3n) is 3.67. The van der Waals surface area contributed by atoms with Crippen LogP contribution in [0, 0.1) is 0 Å². The summed E-state index contributed by atoms with van der Waals surface area (Å²) in [6.45, 7) is -0.217. The van der Waals surface area contributed by atoms with Crippen molar-refractivity contribution in [2.75, 3.05) is 7.11 Å². The second kappa shape index (κ2) is 7.79. The van der Waals surface area contributed by atoms with Crippen LogP contribution in [0.5, 0.6) is 5.75 Å². The molecular formula is C19H14F3NO3S. The van der Waals surface area contributed by atoms with Gasteiger partial charge in [0.2, 0.25) is 0 Å². The van der Waals surface area contributed by atoms with Crippen LogP contribution in [0.25, 0.3) is 10.6 Å². The van der Waals surface area contributed by atoms with Gasteiger partial charge in [0, 0.05) is 10.9 Å². The molecular weight excluding hydrogens is 379 g/mol. The number of methoxy groups -OCH3 is 1. The zero-order chi connectivity index (χ0) is 19.4. The Hall–Kier alpha value is -2.87. The van der Waals surface area contributed by atoms with E-state index in [0.717, 1.165) is 17.7 Å². The van der Waals surface area contributed by atoms with Crippen LogP contribution < -0.4 is 4.74 Å². The summed E-state index contributed by atoms with van der Waals surface area (Å²) >= 11 is 1.34. The molecule has 0 N–H and O–H groups in total. The fraction of sp³-hybridized carbons (Fsp3) is 0.158. The molecule has 0 spiro atoms. The summed E-state index contributed by atoms with van der Waals surface area (Å²) in [5.74, 6) is -0.363. The Kier molecular flexibility index (Phi) is 5.46. The summed E-state index contributed by atoms with van der Waals surface area (Å²) in [5.41, 5.74) is -0.256. The molecule has 3 rings (SSSR count). The van der Waals surface area contributed by atoms with Gasteiger partial charge in [-0.15, -0.1) is 11.3 Å². The number of carbonyl (C=O) groups is 1. The Morgan fingerprint density at radius 2 is 1.93 bits per heavy atom. The van der Waals surface area contributed by atoms with Gasteiger partial charge in [0.25, 0.3) is 0 Å². The van der Waals surface area contributed by atoms with Gasteiger partial charge in [-0.3, -0.25) is 0 Å². The van der Waals surface area contributed by atoms with Crippen molar-refractivity contribution in [3.63, 3.8) is 0 Å². The first kappa shape index (κ1) is 18.9. The van der Waals surface area contributed by atoms with Gasteiger partial charge in [0.15, 0.2) is 0 Å². The van der Waals surface area contributed by atoms with E-state index in [1.54, 1.807) is 18.6 Å². The lowest BCUT2D eigenvalue weighted by atomic mass is 10.1. The van der Waals surface area contributed by atoms with Crippen LogP contribution in [0.4, 0.5) is 13.2 Å². The summed E-state index contributed by atoms with van der Waals surface area (Å²) in [4.78, 5) is 16.4. The molecule has 0 aliphatic carbocycles. The smallest absolute Gasteiger partial charge is 0.417 e. The van der Waals surface area contributed by atoms with E-state index < -0.39 is 23.3 Å². The second-order valence-electron chi connectivity index (χ2n) is 5.50.